The molecule has 1 aliphatic heterocycles. The van der Waals surface area contributed by atoms with E-state index >= 15 is 0 Å². The van der Waals surface area contributed by atoms with Crippen LogP contribution in [0.2, 0.25) is 0 Å². The number of esters is 1. The summed E-state index contributed by atoms with van der Waals surface area (Å²) in [5.74, 6) is -0.323. The minimum absolute atomic E-state index is 0.137. The Balaban J connectivity index is 1.91. The summed E-state index contributed by atoms with van der Waals surface area (Å²) in [7, 11) is 1.41. The van der Waals surface area contributed by atoms with Gasteiger partial charge in [0.25, 0.3) is 5.56 Å². The molecule has 0 aliphatic carbocycles. The number of nitrogens with zero attached hydrogens (tertiary/aromatic N) is 4. The third-order valence-electron chi connectivity index (χ3n) is 3.88. The Hall–Kier alpha value is -1.96. The summed E-state index contributed by atoms with van der Waals surface area (Å²) in [6.07, 6.45) is 2.44. The third kappa shape index (κ3) is 2.70. The number of carbonyl (C=O) groups is 1. The van der Waals surface area contributed by atoms with Crippen LogP contribution >= 0.6 is 11.3 Å². The highest BCUT2D eigenvalue weighted by molar-refractivity contribution is 7.20. The second-order valence-electron chi connectivity index (χ2n) is 5.33. The lowest BCUT2D eigenvalue weighted by molar-refractivity contribution is -0.145. The molecule has 7 nitrogen and oxygen atoms in total. The highest BCUT2D eigenvalue weighted by atomic mass is 32.1. The Bertz CT molecular complexity index is 754. The van der Waals surface area contributed by atoms with Gasteiger partial charge in [-0.15, -0.1) is 5.10 Å². The van der Waals surface area contributed by atoms with Gasteiger partial charge < -0.3 is 9.64 Å². The van der Waals surface area contributed by atoms with E-state index in [9.17, 15) is 9.59 Å². The van der Waals surface area contributed by atoms with Crippen molar-refractivity contribution in [2.45, 2.75) is 26.2 Å². The van der Waals surface area contributed by atoms with Gasteiger partial charge in [0.1, 0.15) is 0 Å². The van der Waals surface area contributed by atoms with Crippen molar-refractivity contribution < 1.29 is 9.53 Å². The lowest BCUT2D eigenvalue weighted by atomic mass is 9.99. The average Bonchev–Trinajstić information content (AvgIpc) is 2.98. The molecule has 0 radical (unpaired) electrons. The number of rotatable bonds is 3. The Kier molecular flexibility index (Phi) is 4.10. The molecule has 22 heavy (non-hydrogen) atoms. The van der Waals surface area contributed by atoms with Gasteiger partial charge in [-0.1, -0.05) is 18.3 Å². The lowest BCUT2D eigenvalue weighted by Crippen LogP contribution is -2.39. The number of carbonyl (C=O) groups excluding carboxylic acids is 1. The van der Waals surface area contributed by atoms with Crippen molar-refractivity contribution in [3.05, 3.63) is 22.1 Å². The van der Waals surface area contributed by atoms with Crippen LogP contribution in [0.5, 0.6) is 0 Å². The van der Waals surface area contributed by atoms with Crippen LogP contribution < -0.4 is 10.5 Å². The van der Waals surface area contributed by atoms with Gasteiger partial charge in [0.05, 0.1) is 13.0 Å². The number of aryl methyl sites for hydroxylation is 1. The molecule has 0 amide bonds. The number of methoxy groups -OCH3 is 1. The average molecular weight is 322 g/mol. The van der Waals surface area contributed by atoms with Crippen LogP contribution in [-0.2, 0) is 16.0 Å². The van der Waals surface area contributed by atoms with E-state index in [0.29, 0.717) is 17.9 Å². The van der Waals surface area contributed by atoms with Crippen LogP contribution in [0.4, 0.5) is 5.13 Å². The SMILES string of the molecule is CCc1cc(=O)n2nc(N3CCC[C@@H](C(=O)OC)C3)sc2n1. The zero-order valence-electron chi connectivity index (χ0n) is 12.6. The molecule has 0 N–H and O–H groups in total. The Labute approximate surface area is 131 Å². The van der Waals surface area contributed by atoms with Gasteiger partial charge in [-0.3, -0.25) is 9.59 Å². The van der Waals surface area contributed by atoms with E-state index in [4.69, 9.17) is 4.74 Å². The molecule has 0 bridgehead atoms. The summed E-state index contributed by atoms with van der Waals surface area (Å²) in [5, 5.41) is 5.09. The van der Waals surface area contributed by atoms with E-state index in [1.165, 1.54) is 29.0 Å². The summed E-state index contributed by atoms with van der Waals surface area (Å²) in [6, 6.07) is 1.52. The monoisotopic (exact) mass is 322 g/mol. The number of aromatic nitrogens is 3. The lowest BCUT2D eigenvalue weighted by Gasteiger charge is -2.30. The Morgan fingerprint density at radius 2 is 2.36 bits per heavy atom. The summed E-state index contributed by atoms with van der Waals surface area (Å²) in [6.45, 7) is 3.36. The van der Waals surface area contributed by atoms with E-state index in [1.807, 2.05) is 11.8 Å². The van der Waals surface area contributed by atoms with E-state index in [-0.39, 0.29) is 17.4 Å². The molecule has 2 aromatic heterocycles. The van der Waals surface area contributed by atoms with Crippen LogP contribution in [0.25, 0.3) is 4.96 Å². The zero-order chi connectivity index (χ0) is 15.7. The number of ether oxygens (including phenoxy) is 1. The van der Waals surface area contributed by atoms with Crippen LogP contribution in [0.1, 0.15) is 25.5 Å². The van der Waals surface area contributed by atoms with Crippen molar-refractivity contribution in [3.63, 3.8) is 0 Å². The maximum absolute atomic E-state index is 12.0. The fraction of sp³-hybridized carbons (Fsp3) is 0.571. The fourth-order valence-corrected chi connectivity index (χ4v) is 3.63. The molecule has 1 atom stereocenters. The van der Waals surface area contributed by atoms with Crippen LogP contribution in [0.15, 0.2) is 10.9 Å². The fourth-order valence-electron chi connectivity index (χ4n) is 2.66. The first kappa shape index (κ1) is 15.0. The third-order valence-corrected chi connectivity index (χ3v) is 4.85. The van der Waals surface area contributed by atoms with E-state index < -0.39 is 0 Å². The smallest absolute Gasteiger partial charge is 0.310 e. The molecule has 1 fully saturated rings. The summed E-state index contributed by atoms with van der Waals surface area (Å²) < 4.78 is 6.17. The maximum atomic E-state index is 12.0. The van der Waals surface area contributed by atoms with Gasteiger partial charge in [0.2, 0.25) is 10.1 Å². The molecule has 1 aliphatic rings. The minimum Gasteiger partial charge on any atom is -0.469 e. The van der Waals surface area contributed by atoms with Gasteiger partial charge in [0.15, 0.2) is 0 Å². The summed E-state index contributed by atoms with van der Waals surface area (Å²) in [4.78, 5) is 30.8. The van der Waals surface area contributed by atoms with Gasteiger partial charge >= 0.3 is 5.97 Å². The molecular formula is C14H18N4O3S. The van der Waals surface area contributed by atoms with Crippen molar-refractivity contribution in [2.24, 2.45) is 5.92 Å². The molecule has 0 aromatic carbocycles. The topological polar surface area (TPSA) is 76.8 Å². The summed E-state index contributed by atoms with van der Waals surface area (Å²) >= 11 is 1.38. The molecule has 3 rings (SSSR count). The molecule has 0 spiro atoms. The molecule has 2 aromatic rings. The van der Waals surface area contributed by atoms with Crippen LogP contribution in [0.3, 0.4) is 0 Å². The quantitative estimate of drug-likeness (QED) is 0.788. The number of piperidine rings is 1. The number of hydrogen-bond acceptors (Lipinski definition) is 7. The standard InChI is InChI=1S/C14H18N4O3S/c1-3-10-7-11(19)18-13(15-10)22-14(16-18)17-6-4-5-9(8-17)12(20)21-2/h7,9H,3-6,8H2,1-2H3/t9-/m1/s1. The van der Waals surface area contributed by atoms with Gasteiger partial charge in [-0.2, -0.15) is 4.52 Å². The molecule has 0 unspecified atom stereocenters. The van der Waals surface area contributed by atoms with Gasteiger partial charge in [-0.05, 0) is 19.3 Å². The zero-order valence-corrected chi connectivity index (χ0v) is 13.4. The van der Waals surface area contributed by atoms with Crippen molar-refractivity contribution in [1.29, 1.82) is 0 Å². The number of fused-ring (bicyclic) bond motifs is 1. The highest BCUT2D eigenvalue weighted by Gasteiger charge is 2.28. The van der Waals surface area contributed by atoms with E-state index in [1.54, 1.807) is 0 Å². The second-order valence-corrected chi connectivity index (χ2v) is 6.26. The first-order chi connectivity index (χ1) is 10.6. The van der Waals surface area contributed by atoms with Crippen molar-refractivity contribution in [2.75, 3.05) is 25.1 Å². The highest BCUT2D eigenvalue weighted by Crippen LogP contribution is 2.27. The van der Waals surface area contributed by atoms with Crippen molar-refractivity contribution in [3.8, 4) is 0 Å². The summed E-state index contributed by atoms with van der Waals surface area (Å²) in [5.41, 5.74) is 0.608. The van der Waals surface area contributed by atoms with E-state index in [2.05, 4.69) is 10.1 Å². The first-order valence-corrected chi connectivity index (χ1v) is 8.16. The molecular weight excluding hydrogens is 304 g/mol. The molecule has 0 saturated carbocycles. The predicted molar refractivity (Wildman–Crippen MR) is 83.5 cm³/mol. The van der Waals surface area contributed by atoms with Gasteiger partial charge in [-0.25, -0.2) is 4.98 Å². The Morgan fingerprint density at radius 1 is 1.55 bits per heavy atom. The van der Waals surface area contributed by atoms with Crippen molar-refractivity contribution in [1.82, 2.24) is 14.6 Å². The minimum atomic E-state index is -0.186. The van der Waals surface area contributed by atoms with Crippen LogP contribution in [0, 0.1) is 5.92 Å². The number of hydrogen-bond donors (Lipinski definition) is 0. The van der Waals surface area contributed by atoms with Crippen LogP contribution in [-0.4, -0.2) is 40.8 Å². The van der Waals surface area contributed by atoms with Gasteiger partial charge in [0, 0.05) is 24.8 Å². The normalized spacial score (nSPS) is 18.6. The van der Waals surface area contributed by atoms with E-state index in [0.717, 1.165) is 30.2 Å². The molecule has 1 saturated heterocycles. The van der Waals surface area contributed by atoms with Crippen molar-refractivity contribution >= 4 is 27.4 Å². The molecule has 118 valence electrons. The first-order valence-electron chi connectivity index (χ1n) is 7.35. The number of anilines is 1. The molecule has 3 heterocycles. The Morgan fingerprint density at radius 3 is 3.09 bits per heavy atom. The largest absolute Gasteiger partial charge is 0.469 e. The maximum Gasteiger partial charge on any atom is 0.310 e. The molecule has 8 heteroatoms. The predicted octanol–water partition coefficient (Wildman–Crippen LogP) is 1.10. The second kappa shape index (κ2) is 6.04.